The molecule has 3 N–H and O–H groups in total. The number of hydrogen-bond donors (Lipinski definition) is 3. The number of halogens is 4. The number of ether oxygens (including phenoxy) is 2. The maximum atomic E-state index is 14.0. The maximum absolute atomic E-state index is 14.0. The molecule has 0 aliphatic carbocycles. The van der Waals surface area contributed by atoms with Crippen molar-refractivity contribution in [3.8, 4) is 11.5 Å². The van der Waals surface area contributed by atoms with E-state index in [9.17, 15) is 40.4 Å². The van der Waals surface area contributed by atoms with Crippen molar-refractivity contribution in [3.05, 3.63) is 119 Å². The van der Waals surface area contributed by atoms with Gasteiger partial charge in [-0.15, -0.1) is 0 Å². The predicted octanol–water partition coefficient (Wildman–Crippen LogP) is 4.24. The van der Waals surface area contributed by atoms with E-state index < -0.39 is 76.2 Å². The van der Waals surface area contributed by atoms with Crippen molar-refractivity contribution in [2.24, 2.45) is 0 Å². The number of hydrogen-bond acceptors (Lipinski definition) is 7. The first-order valence-corrected chi connectivity index (χ1v) is 16.9. The summed E-state index contributed by atoms with van der Waals surface area (Å²) in [6, 6.07) is 12.5. The van der Waals surface area contributed by atoms with Crippen molar-refractivity contribution in [1.82, 2.24) is 14.8 Å². The monoisotopic (exact) mass is 745 g/mol. The van der Waals surface area contributed by atoms with Gasteiger partial charge in [-0.1, -0.05) is 0 Å². The van der Waals surface area contributed by atoms with Gasteiger partial charge in [0.2, 0.25) is 11.8 Å². The largest absolute Gasteiger partial charge is 0.497 e. The zero-order valence-electron chi connectivity index (χ0n) is 28.3. The predicted molar refractivity (Wildman–Crippen MR) is 184 cm³/mol. The van der Waals surface area contributed by atoms with E-state index in [0.29, 0.717) is 35.0 Å². The van der Waals surface area contributed by atoms with Gasteiger partial charge in [0.25, 0.3) is 0 Å². The van der Waals surface area contributed by atoms with Crippen LogP contribution in [0, 0.1) is 23.3 Å². The first-order chi connectivity index (χ1) is 24.6. The minimum atomic E-state index is -4.96. The van der Waals surface area contributed by atoms with Gasteiger partial charge < -0.3 is 24.6 Å². The molecule has 4 aromatic carbocycles. The summed E-state index contributed by atoms with van der Waals surface area (Å²) in [6.45, 7) is 0. The van der Waals surface area contributed by atoms with E-state index in [4.69, 9.17) is 9.47 Å². The summed E-state index contributed by atoms with van der Waals surface area (Å²) in [5, 5.41) is 2.22. The van der Waals surface area contributed by atoms with Crippen LogP contribution in [0.15, 0.2) is 84.9 Å². The summed E-state index contributed by atoms with van der Waals surface area (Å²) in [6.07, 6.45) is -1.01. The van der Waals surface area contributed by atoms with Crippen LogP contribution >= 0.6 is 0 Å². The fraction of sp³-hybridized carbons (Fsp3) is 0.229. The molecule has 4 amide bonds. The van der Waals surface area contributed by atoms with Crippen molar-refractivity contribution in [2.75, 3.05) is 38.1 Å². The Morgan fingerprint density at radius 2 is 1.00 bits per heavy atom. The van der Waals surface area contributed by atoms with Crippen LogP contribution in [-0.4, -0.2) is 66.7 Å². The molecule has 0 heterocycles. The molecule has 0 aliphatic heterocycles. The summed E-state index contributed by atoms with van der Waals surface area (Å²) in [5.74, 6) is -4.55. The van der Waals surface area contributed by atoms with Crippen molar-refractivity contribution < 1.29 is 49.8 Å². The normalized spacial score (nSPS) is 12.3. The molecule has 0 bridgehead atoms. The number of benzene rings is 4. The number of carbonyl (C=O) groups is 3. The van der Waals surface area contributed by atoms with Gasteiger partial charge in [-0.25, -0.2) is 27.1 Å². The Morgan fingerprint density at radius 1 is 0.635 bits per heavy atom. The Labute approximate surface area is 297 Å². The Morgan fingerprint density at radius 3 is 1.38 bits per heavy atom. The van der Waals surface area contributed by atoms with Crippen LogP contribution in [0.4, 0.5) is 33.7 Å². The molecule has 0 aliphatic rings. The Balaban J connectivity index is 1.58. The molecule has 52 heavy (non-hydrogen) atoms. The Kier molecular flexibility index (Phi) is 12.8. The molecule has 0 radical (unpaired) electrons. The molecule has 0 unspecified atom stereocenters. The van der Waals surface area contributed by atoms with E-state index in [0.717, 1.165) is 34.1 Å². The number of methoxy groups -OCH3 is 2. The minimum absolute atomic E-state index is 0.0326. The summed E-state index contributed by atoms with van der Waals surface area (Å²) in [7, 11) is 0.633. The second kappa shape index (κ2) is 17.0. The lowest BCUT2D eigenvalue weighted by Gasteiger charge is -2.26. The van der Waals surface area contributed by atoms with Crippen molar-refractivity contribution in [1.29, 1.82) is 0 Å². The lowest BCUT2D eigenvalue weighted by atomic mass is 10.0. The van der Waals surface area contributed by atoms with Gasteiger partial charge in [0.05, 0.1) is 14.2 Å². The average molecular weight is 746 g/mol. The highest BCUT2D eigenvalue weighted by molar-refractivity contribution is 7.88. The number of nitrogens with zero attached hydrogens (tertiary/aromatic N) is 2. The number of rotatable bonds is 14. The zero-order valence-corrected chi connectivity index (χ0v) is 29.1. The van der Waals surface area contributed by atoms with Crippen LogP contribution in [0.1, 0.15) is 11.1 Å². The van der Waals surface area contributed by atoms with Gasteiger partial charge in [0.15, 0.2) is 0 Å². The quantitative estimate of drug-likeness (QED) is 0.164. The lowest BCUT2D eigenvalue weighted by molar-refractivity contribution is -0.120. The van der Waals surface area contributed by atoms with Gasteiger partial charge in [-0.05, 0) is 90.3 Å². The number of carbonyl (C=O) groups excluding carboxylic acids is 3. The van der Waals surface area contributed by atoms with Gasteiger partial charge in [0.1, 0.15) is 46.9 Å². The van der Waals surface area contributed by atoms with Crippen LogP contribution in [0.5, 0.6) is 11.5 Å². The molecule has 4 rings (SSSR count). The number of likely N-dealkylation sites (N-methyl/N-ethyl adjacent to an activating group) is 2. The average Bonchev–Trinajstić information content (AvgIpc) is 3.08. The van der Waals surface area contributed by atoms with E-state index in [2.05, 4.69) is 5.32 Å². The molecule has 0 aromatic heterocycles. The third-order valence-electron chi connectivity index (χ3n) is 7.73. The highest BCUT2D eigenvalue weighted by Crippen LogP contribution is 2.22. The maximum Gasteiger partial charge on any atom is 0.330 e. The summed E-state index contributed by atoms with van der Waals surface area (Å²) < 4.78 is 96.7. The van der Waals surface area contributed by atoms with Crippen molar-refractivity contribution >= 4 is 39.4 Å². The fourth-order valence-electron chi connectivity index (χ4n) is 5.17. The first kappa shape index (κ1) is 39.1. The highest BCUT2D eigenvalue weighted by atomic mass is 32.2. The molecular formula is C35H35F4N5O7S. The van der Waals surface area contributed by atoms with E-state index in [1.165, 1.54) is 52.6 Å². The number of anilines is 2. The highest BCUT2D eigenvalue weighted by Gasteiger charge is 2.31. The van der Waals surface area contributed by atoms with E-state index >= 15 is 0 Å². The standard InChI is InChI=1S/C35H35F4N5O7S/c1-43(27-5-9-29(50-3)10-6-27)33(45)31(17-21-13-23(36)19-24(37)14-21)40-35(47)42-52(48,49)41-32(18-22-15-25(38)20-26(39)16-22)34(46)44(2)28-7-11-30(51-4)12-8-28/h5-16,19-20,31-32,41H,17-18H2,1-4H3,(H2,40,42,47)/t31-,32-/m0/s1. The van der Waals surface area contributed by atoms with Crippen LogP contribution in [0.2, 0.25) is 0 Å². The van der Waals surface area contributed by atoms with Crippen LogP contribution in [0.25, 0.3) is 0 Å². The van der Waals surface area contributed by atoms with Crippen molar-refractivity contribution in [2.45, 2.75) is 24.9 Å². The summed E-state index contributed by atoms with van der Waals surface area (Å²) in [4.78, 5) is 42.7. The molecule has 2 atom stereocenters. The van der Waals surface area contributed by atoms with Gasteiger partial charge in [-0.3, -0.25) is 9.59 Å². The summed E-state index contributed by atoms with van der Waals surface area (Å²) in [5.41, 5.74) is 0.534. The molecule has 17 heteroatoms. The Hall–Kier alpha value is -5.68. The van der Waals surface area contributed by atoms with Gasteiger partial charge in [-0.2, -0.15) is 13.1 Å². The SMILES string of the molecule is COc1ccc(N(C)C(=O)[C@H](Cc2cc(F)cc(F)c2)NC(=O)NS(=O)(=O)N[C@@H](Cc2cc(F)cc(F)c2)C(=O)N(C)c2ccc(OC)cc2)cc1. The molecular weight excluding hydrogens is 710 g/mol. The molecule has 4 aromatic rings. The molecule has 276 valence electrons. The molecule has 0 spiro atoms. The third kappa shape index (κ3) is 10.7. The lowest BCUT2D eigenvalue weighted by Crippen LogP contribution is -2.57. The van der Waals surface area contributed by atoms with Crippen LogP contribution in [-0.2, 0) is 32.6 Å². The summed E-state index contributed by atoms with van der Waals surface area (Å²) >= 11 is 0. The number of amides is 4. The Bertz CT molecular complexity index is 1980. The second-order valence-corrected chi connectivity index (χ2v) is 12.9. The second-order valence-electron chi connectivity index (χ2n) is 11.5. The van der Waals surface area contributed by atoms with E-state index in [1.54, 1.807) is 29.0 Å². The van der Waals surface area contributed by atoms with E-state index in [-0.39, 0.29) is 11.1 Å². The third-order valence-corrected chi connectivity index (χ3v) is 8.78. The van der Waals surface area contributed by atoms with Gasteiger partial charge in [0, 0.05) is 44.0 Å². The van der Waals surface area contributed by atoms with Crippen molar-refractivity contribution in [3.63, 3.8) is 0 Å². The molecule has 0 fully saturated rings. The molecule has 12 nitrogen and oxygen atoms in total. The van der Waals surface area contributed by atoms with E-state index in [1.807, 2.05) is 4.72 Å². The van der Waals surface area contributed by atoms with Crippen LogP contribution < -0.4 is 34.0 Å². The zero-order chi connectivity index (χ0) is 38.2. The first-order valence-electron chi connectivity index (χ1n) is 15.4. The smallest absolute Gasteiger partial charge is 0.330 e. The fourth-order valence-corrected chi connectivity index (χ4v) is 6.09. The molecule has 0 saturated heterocycles. The van der Waals surface area contributed by atoms with Crippen LogP contribution in [0.3, 0.4) is 0 Å². The topological polar surface area (TPSA) is 146 Å². The minimum Gasteiger partial charge on any atom is -0.497 e. The molecule has 0 saturated carbocycles. The number of nitrogens with one attached hydrogen (secondary N) is 3. The van der Waals surface area contributed by atoms with Gasteiger partial charge >= 0.3 is 16.2 Å². The number of urea groups is 1.